The standard InChI is InChI=1S/C11H28N2O3Si.C8H22N2O2Si/c1-4-14-17(15-5-2,16-6-3)11-7-9-13-10-8-12;1-11-13(3,12-2)8-4-6-10-7-5-9/h13H,4-12H2,1-3H3;10H,4-9H2,1-3H3. The Bertz CT molecular complexity index is 340. The molecule has 0 aromatic heterocycles. The fraction of sp³-hybridized carbons (Fsp3) is 1.00. The second-order valence-corrected chi connectivity index (χ2v) is 13.1. The first-order valence-electron chi connectivity index (χ1n) is 11.3. The van der Waals surface area contributed by atoms with Gasteiger partial charge in [0.2, 0.25) is 0 Å². The van der Waals surface area contributed by atoms with Crippen molar-refractivity contribution in [2.75, 3.05) is 73.3 Å². The molecular formula is C19H50N4O5Si2. The lowest BCUT2D eigenvalue weighted by Crippen LogP contribution is -2.46. The molecule has 0 aliphatic carbocycles. The van der Waals surface area contributed by atoms with Gasteiger partial charge in [-0.15, -0.1) is 0 Å². The van der Waals surface area contributed by atoms with Crippen LogP contribution in [0.15, 0.2) is 0 Å². The second-order valence-electron chi connectivity index (χ2n) is 6.81. The van der Waals surface area contributed by atoms with Gasteiger partial charge in [-0.05, 0) is 59.3 Å². The summed E-state index contributed by atoms with van der Waals surface area (Å²) in [5, 5.41) is 6.51. The molecule has 0 spiro atoms. The SMILES string of the molecule is CCO[Si](CCCNCCN)(OCC)OCC.CO[Si](C)(CCCNCCN)OC. The van der Waals surface area contributed by atoms with Crippen LogP contribution in [-0.4, -0.2) is 90.7 Å². The average molecular weight is 471 g/mol. The van der Waals surface area contributed by atoms with Gasteiger partial charge in [-0.25, -0.2) is 0 Å². The molecule has 0 heterocycles. The monoisotopic (exact) mass is 470 g/mol. The number of rotatable bonds is 20. The minimum absolute atomic E-state index is 0.641. The van der Waals surface area contributed by atoms with E-state index in [-0.39, 0.29) is 0 Å². The maximum Gasteiger partial charge on any atom is 0.500 e. The molecule has 0 aromatic carbocycles. The number of hydrogen-bond donors (Lipinski definition) is 4. The minimum atomic E-state index is -2.43. The molecule has 11 heteroatoms. The number of nitrogens with two attached hydrogens (primary N) is 2. The molecule has 30 heavy (non-hydrogen) atoms. The van der Waals surface area contributed by atoms with Gasteiger partial charge in [0.1, 0.15) is 0 Å². The third kappa shape index (κ3) is 17.7. The van der Waals surface area contributed by atoms with Gasteiger partial charge < -0.3 is 44.2 Å². The number of hydrogen-bond acceptors (Lipinski definition) is 9. The maximum absolute atomic E-state index is 5.76. The Hall–Kier alpha value is 0.0738. The highest BCUT2D eigenvalue weighted by molar-refractivity contribution is 6.65. The molecule has 0 aliphatic rings. The van der Waals surface area contributed by atoms with Crippen molar-refractivity contribution >= 4 is 17.4 Å². The summed E-state index contributed by atoms with van der Waals surface area (Å²) in [5.41, 5.74) is 10.8. The van der Waals surface area contributed by atoms with Crippen LogP contribution in [0.25, 0.3) is 0 Å². The van der Waals surface area contributed by atoms with Crippen LogP contribution in [0, 0.1) is 0 Å². The Balaban J connectivity index is 0. The molecular weight excluding hydrogens is 420 g/mol. The van der Waals surface area contributed by atoms with Crippen molar-refractivity contribution in [3.05, 3.63) is 0 Å². The van der Waals surface area contributed by atoms with Crippen LogP contribution in [0.2, 0.25) is 18.6 Å². The summed E-state index contributed by atoms with van der Waals surface area (Å²) < 4.78 is 28.0. The predicted octanol–water partition coefficient (Wildman–Crippen LogP) is 1.26. The molecule has 0 aromatic rings. The predicted molar refractivity (Wildman–Crippen MR) is 129 cm³/mol. The molecule has 9 nitrogen and oxygen atoms in total. The van der Waals surface area contributed by atoms with Crippen molar-refractivity contribution in [1.82, 2.24) is 10.6 Å². The first kappa shape index (κ1) is 32.3. The lowest BCUT2D eigenvalue weighted by atomic mass is 10.5. The smallest absolute Gasteiger partial charge is 0.398 e. The molecule has 0 bridgehead atoms. The topological polar surface area (TPSA) is 122 Å². The van der Waals surface area contributed by atoms with Gasteiger partial charge >= 0.3 is 17.4 Å². The lowest BCUT2D eigenvalue weighted by Gasteiger charge is -2.28. The van der Waals surface area contributed by atoms with E-state index in [1.165, 1.54) is 0 Å². The van der Waals surface area contributed by atoms with Gasteiger partial charge in [0.05, 0.1) is 0 Å². The molecule has 184 valence electrons. The fourth-order valence-corrected chi connectivity index (χ4v) is 6.71. The van der Waals surface area contributed by atoms with Crippen LogP contribution in [0.3, 0.4) is 0 Å². The Kier molecular flexibility index (Phi) is 23.9. The minimum Gasteiger partial charge on any atom is -0.398 e. The zero-order chi connectivity index (χ0) is 23.1. The van der Waals surface area contributed by atoms with Crippen molar-refractivity contribution in [3.63, 3.8) is 0 Å². The molecule has 0 rings (SSSR count). The van der Waals surface area contributed by atoms with E-state index in [1.54, 1.807) is 14.2 Å². The van der Waals surface area contributed by atoms with Crippen LogP contribution in [0.5, 0.6) is 0 Å². The highest BCUT2D eigenvalue weighted by atomic mass is 28.4. The highest BCUT2D eigenvalue weighted by Gasteiger charge is 2.39. The van der Waals surface area contributed by atoms with Gasteiger partial charge in [-0.1, -0.05) is 0 Å². The summed E-state index contributed by atoms with van der Waals surface area (Å²) in [6, 6.07) is 1.89. The van der Waals surface area contributed by atoms with E-state index in [2.05, 4.69) is 17.2 Å². The van der Waals surface area contributed by atoms with Crippen LogP contribution >= 0.6 is 0 Å². The van der Waals surface area contributed by atoms with Gasteiger partial charge in [0, 0.05) is 66.3 Å². The maximum atomic E-state index is 5.76. The van der Waals surface area contributed by atoms with Crippen molar-refractivity contribution in [3.8, 4) is 0 Å². The molecule has 6 N–H and O–H groups in total. The summed E-state index contributed by atoms with van der Waals surface area (Å²) in [5.74, 6) is 0. The zero-order valence-electron chi connectivity index (χ0n) is 20.4. The molecule has 0 fully saturated rings. The van der Waals surface area contributed by atoms with Crippen molar-refractivity contribution in [2.24, 2.45) is 11.5 Å². The van der Waals surface area contributed by atoms with Crippen molar-refractivity contribution in [2.45, 2.75) is 52.2 Å². The molecule has 0 radical (unpaired) electrons. The summed E-state index contributed by atoms with van der Waals surface area (Å²) in [7, 11) is -0.805. The third-order valence-corrected chi connectivity index (χ3v) is 10.6. The Morgan fingerprint density at radius 2 is 1.07 bits per heavy atom. The summed E-state index contributed by atoms with van der Waals surface area (Å²) in [6.07, 6.45) is 2.08. The Labute approximate surface area is 187 Å². The molecule has 0 aliphatic heterocycles. The van der Waals surface area contributed by atoms with E-state index in [1.807, 2.05) is 20.8 Å². The van der Waals surface area contributed by atoms with Gasteiger partial charge in [-0.2, -0.15) is 0 Å². The second kappa shape index (κ2) is 22.3. The first-order valence-corrected chi connectivity index (χ1v) is 15.7. The largest absolute Gasteiger partial charge is 0.500 e. The molecule has 0 unspecified atom stereocenters. The van der Waals surface area contributed by atoms with E-state index in [4.69, 9.17) is 33.6 Å². The molecule has 0 amide bonds. The van der Waals surface area contributed by atoms with E-state index in [9.17, 15) is 0 Å². The Morgan fingerprint density at radius 3 is 1.40 bits per heavy atom. The van der Waals surface area contributed by atoms with E-state index in [0.29, 0.717) is 32.9 Å². The fourth-order valence-electron chi connectivity index (χ4n) is 2.71. The highest BCUT2D eigenvalue weighted by Crippen LogP contribution is 2.17. The average Bonchev–Trinajstić information content (AvgIpc) is 2.74. The molecule has 0 saturated carbocycles. The van der Waals surface area contributed by atoms with Gasteiger partial charge in [-0.3, -0.25) is 0 Å². The van der Waals surface area contributed by atoms with Crippen molar-refractivity contribution in [1.29, 1.82) is 0 Å². The summed E-state index contributed by atoms with van der Waals surface area (Å²) >= 11 is 0. The molecule has 0 saturated heterocycles. The lowest BCUT2D eigenvalue weighted by molar-refractivity contribution is 0.0708. The Morgan fingerprint density at radius 1 is 0.667 bits per heavy atom. The molecule has 0 atom stereocenters. The van der Waals surface area contributed by atoms with Crippen LogP contribution < -0.4 is 22.1 Å². The van der Waals surface area contributed by atoms with E-state index in [0.717, 1.165) is 51.1 Å². The van der Waals surface area contributed by atoms with Crippen LogP contribution in [-0.2, 0) is 22.1 Å². The third-order valence-electron chi connectivity index (χ3n) is 4.42. The zero-order valence-corrected chi connectivity index (χ0v) is 22.4. The van der Waals surface area contributed by atoms with Gasteiger partial charge in [0.25, 0.3) is 0 Å². The van der Waals surface area contributed by atoms with Crippen LogP contribution in [0.4, 0.5) is 0 Å². The summed E-state index contributed by atoms with van der Waals surface area (Å²) in [4.78, 5) is 0. The number of nitrogens with one attached hydrogen (secondary N) is 2. The van der Waals surface area contributed by atoms with E-state index >= 15 is 0 Å². The quantitative estimate of drug-likeness (QED) is 0.154. The van der Waals surface area contributed by atoms with Gasteiger partial charge in [0.15, 0.2) is 0 Å². The first-order chi connectivity index (χ1) is 14.4. The normalized spacial score (nSPS) is 12.0. The summed E-state index contributed by atoms with van der Waals surface area (Å²) in [6.45, 7) is 15.0. The van der Waals surface area contributed by atoms with Crippen LogP contribution in [0.1, 0.15) is 33.6 Å². The van der Waals surface area contributed by atoms with Crippen molar-refractivity contribution < 1.29 is 22.1 Å². The van der Waals surface area contributed by atoms with E-state index < -0.39 is 17.4 Å².